The second-order valence-electron chi connectivity index (χ2n) is 4.72. The van der Waals surface area contributed by atoms with Crippen LogP contribution in [0.2, 0.25) is 0 Å². The molecule has 2 aromatic carbocycles. The van der Waals surface area contributed by atoms with E-state index in [1.165, 1.54) is 0 Å². The standard InChI is InChI=1S/C16H17Br2NO2/c1-10(19)14-8-13(18)4-6-16(14)21-9-11-7-12(17)3-5-15(11)20-2/h3-8,10H,9,19H2,1-2H3/t10-/m1/s1. The van der Waals surface area contributed by atoms with E-state index in [0.717, 1.165) is 31.6 Å². The van der Waals surface area contributed by atoms with Crippen LogP contribution in [0.25, 0.3) is 0 Å². The van der Waals surface area contributed by atoms with E-state index in [0.29, 0.717) is 6.61 Å². The van der Waals surface area contributed by atoms with Crippen LogP contribution in [-0.2, 0) is 6.61 Å². The van der Waals surface area contributed by atoms with Gasteiger partial charge in [0.2, 0.25) is 0 Å². The first-order valence-electron chi connectivity index (χ1n) is 6.51. The molecule has 0 aromatic heterocycles. The molecule has 2 aromatic rings. The van der Waals surface area contributed by atoms with Gasteiger partial charge in [-0.2, -0.15) is 0 Å². The average molecular weight is 415 g/mol. The first-order valence-corrected chi connectivity index (χ1v) is 8.10. The summed E-state index contributed by atoms with van der Waals surface area (Å²) in [6, 6.07) is 11.6. The quantitative estimate of drug-likeness (QED) is 0.762. The summed E-state index contributed by atoms with van der Waals surface area (Å²) in [6.45, 7) is 2.36. The number of hydrogen-bond acceptors (Lipinski definition) is 3. The molecule has 0 aliphatic carbocycles. The third kappa shape index (κ3) is 4.22. The Morgan fingerprint density at radius 2 is 1.67 bits per heavy atom. The van der Waals surface area contributed by atoms with Crippen molar-refractivity contribution < 1.29 is 9.47 Å². The summed E-state index contributed by atoms with van der Waals surface area (Å²) in [5.41, 5.74) is 7.95. The molecule has 0 radical (unpaired) electrons. The van der Waals surface area contributed by atoms with Crippen LogP contribution in [0.4, 0.5) is 0 Å². The van der Waals surface area contributed by atoms with Gasteiger partial charge in [0.05, 0.1) is 7.11 Å². The smallest absolute Gasteiger partial charge is 0.125 e. The molecule has 0 unspecified atom stereocenters. The first-order chi connectivity index (χ1) is 10.0. The predicted octanol–water partition coefficient (Wildman–Crippen LogP) is 4.82. The van der Waals surface area contributed by atoms with Crippen LogP contribution in [0.5, 0.6) is 11.5 Å². The van der Waals surface area contributed by atoms with Crippen molar-refractivity contribution in [3.63, 3.8) is 0 Å². The maximum Gasteiger partial charge on any atom is 0.125 e. The number of benzene rings is 2. The molecule has 3 nitrogen and oxygen atoms in total. The number of rotatable bonds is 5. The summed E-state index contributed by atoms with van der Waals surface area (Å²) < 4.78 is 13.3. The molecule has 0 saturated carbocycles. The van der Waals surface area contributed by atoms with Crippen LogP contribution >= 0.6 is 31.9 Å². The maximum atomic E-state index is 6.00. The average Bonchev–Trinajstić information content (AvgIpc) is 2.46. The lowest BCUT2D eigenvalue weighted by molar-refractivity contribution is 0.292. The fourth-order valence-electron chi connectivity index (χ4n) is 2.02. The predicted molar refractivity (Wildman–Crippen MR) is 91.8 cm³/mol. The zero-order chi connectivity index (χ0) is 15.4. The van der Waals surface area contributed by atoms with E-state index in [2.05, 4.69) is 31.9 Å². The molecule has 0 aliphatic heterocycles. The van der Waals surface area contributed by atoms with Crippen molar-refractivity contribution in [2.75, 3.05) is 7.11 Å². The van der Waals surface area contributed by atoms with Crippen LogP contribution in [0.15, 0.2) is 45.3 Å². The third-order valence-electron chi connectivity index (χ3n) is 3.09. The minimum absolute atomic E-state index is 0.0955. The Bertz CT molecular complexity index is 630. The van der Waals surface area contributed by atoms with Gasteiger partial charge in [0.1, 0.15) is 18.1 Å². The summed E-state index contributed by atoms with van der Waals surface area (Å²) in [5.74, 6) is 1.59. The molecule has 0 fully saturated rings. The third-order valence-corrected chi connectivity index (χ3v) is 4.07. The Kier molecular flexibility index (Phi) is 5.67. The maximum absolute atomic E-state index is 6.00. The van der Waals surface area contributed by atoms with Crippen LogP contribution in [-0.4, -0.2) is 7.11 Å². The minimum Gasteiger partial charge on any atom is -0.496 e. The van der Waals surface area contributed by atoms with Crippen molar-refractivity contribution in [3.8, 4) is 11.5 Å². The van der Waals surface area contributed by atoms with E-state index >= 15 is 0 Å². The highest BCUT2D eigenvalue weighted by Gasteiger charge is 2.11. The molecule has 0 saturated heterocycles. The fourth-order valence-corrected chi connectivity index (χ4v) is 2.81. The highest BCUT2D eigenvalue weighted by Crippen LogP contribution is 2.30. The summed E-state index contributed by atoms with van der Waals surface area (Å²) in [6.07, 6.45) is 0. The largest absolute Gasteiger partial charge is 0.496 e. The Hall–Kier alpha value is -1.04. The van der Waals surface area contributed by atoms with Gasteiger partial charge in [0.25, 0.3) is 0 Å². The number of nitrogens with two attached hydrogens (primary N) is 1. The summed E-state index contributed by atoms with van der Waals surface area (Å²) in [4.78, 5) is 0. The second kappa shape index (κ2) is 7.29. The number of halogens is 2. The van der Waals surface area contributed by atoms with E-state index in [1.54, 1.807) is 7.11 Å². The van der Waals surface area contributed by atoms with Crippen LogP contribution < -0.4 is 15.2 Å². The summed E-state index contributed by atoms with van der Waals surface area (Å²) in [7, 11) is 1.65. The Morgan fingerprint density at radius 3 is 2.29 bits per heavy atom. The van der Waals surface area contributed by atoms with Crippen LogP contribution in [0.3, 0.4) is 0 Å². The van der Waals surface area contributed by atoms with Crippen LogP contribution in [0, 0.1) is 0 Å². The molecule has 1 atom stereocenters. The molecule has 2 N–H and O–H groups in total. The summed E-state index contributed by atoms with van der Waals surface area (Å²) in [5, 5.41) is 0. The van der Waals surface area contributed by atoms with Gasteiger partial charge in [-0.15, -0.1) is 0 Å². The van der Waals surface area contributed by atoms with Gasteiger partial charge in [0, 0.05) is 26.1 Å². The number of methoxy groups -OCH3 is 1. The first kappa shape index (κ1) is 16.3. The molecule has 21 heavy (non-hydrogen) atoms. The van der Waals surface area contributed by atoms with Gasteiger partial charge in [-0.1, -0.05) is 31.9 Å². The van der Waals surface area contributed by atoms with Gasteiger partial charge >= 0.3 is 0 Å². The van der Waals surface area contributed by atoms with Gasteiger partial charge in [-0.3, -0.25) is 0 Å². The van der Waals surface area contributed by atoms with E-state index in [-0.39, 0.29) is 6.04 Å². The van der Waals surface area contributed by atoms with E-state index < -0.39 is 0 Å². The lowest BCUT2D eigenvalue weighted by Crippen LogP contribution is -2.08. The Labute approximate surface area is 141 Å². The van der Waals surface area contributed by atoms with Gasteiger partial charge in [-0.25, -0.2) is 0 Å². The van der Waals surface area contributed by atoms with E-state index in [9.17, 15) is 0 Å². The monoisotopic (exact) mass is 413 g/mol. The molecule has 0 bridgehead atoms. The van der Waals surface area contributed by atoms with Gasteiger partial charge in [0.15, 0.2) is 0 Å². The topological polar surface area (TPSA) is 44.5 Å². The zero-order valence-corrected chi connectivity index (χ0v) is 15.1. The number of ether oxygens (including phenoxy) is 2. The molecular weight excluding hydrogens is 398 g/mol. The van der Waals surface area contributed by atoms with Crippen molar-refractivity contribution in [2.45, 2.75) is 19.6 Å². The van der Waals surface area contributed by atoms with Crippen molar-refractivity contribution in [2.24, 2.45) is 5.73 Å². The van der Waals surface area contributed by atoms with Crippen LogP contribution in [0.1, 0.15) is 24.1 Å². The Morgan fingerprint density at radius 1 is 1.05 bits per heavy atom. The number of hydrogen-bond donors (Lipinski definition) is 1. The van der Waals surface area contributed by atoms with Crippen molar-refractivity contribution >= 4 is 31.9 Å². The molecule has 112 valence electrons. The van der Waals surface area contributed by atoms with E-state index in [4.69, 9.17) is 15.2 Å². The van der Waals surface area contributed by atoms with Crippen molar-refractivity contribution in [3.05, 3.63) is 56.5 Å². The van der Waals surface area contributed by atoms with Gasteiger partial charge < -0.3 is 15.2 Å². The molecule has 0 aliphatic rings. The lowest BCUT2D eigenvalue weighted by Gasteiger charge is -2.16. The highest BCUT2D eigenvalue weighted by molar-refractivity contribution is 9.10. The lowest BCUT2D eigenvalue weighted by atomic mass is 10.1. The fraction of sp³-hybridized carbons (Fsp3) is 0.250. The van der Waals surface area contributed by atoms with Gasteiger partial charge in [-0.05, 0) is 43.3 Å². The molecular formula is C16H17Br2NO2. The minimum atomic E-state index is -0.0955. The van der Waals surface area contributed by atoms with E-state index in [1.807, 2.05) is 43.3 Å². The molecule has 0 amide bonds. The SMILES string of the molecule is COc1ccc(Br)cc1COc1ccc(Br)cc1[C@@H](C)N. The normalized spacial score (nSPS) is 12.0. The Balaban J connectivity index is 2.22. The second-order valence-corrected chi connectivity index (χ2v) is 6.55. The molecule has 2 rings (SSSR count). The molecule has 5 heteroatoms. The molecule has 0 heterocycles. The summed E-state index contributed by atoms with van der Waals surface area (Å²) >= 11 is 6.92. The highest BCUT2D eigenvalue weighted by atomic mass is 79.9. The van der Waals surface area contributed by atoms with Crippen molar-refractivity contribution in [1.29, 1.82) is 0 Å². The van der Waals surface area contributed by atoms with Crippen molar-refractivity contribution in [1.82, 2.24) is 0 Å². The zero-order valence-electron chi connectivity index (χ0n) is 11.9. The molecule has 0 spiro atoms.